The number of halogens is 1. The summed E-state index contributed by atoms with van der Waals surface area (Å²) in [5, 5.41) is 8.85. The lowest BCUT2D eigenvalue weighted by atomic mass is 9.97. The Kier molecular flexibility index (Phi) is 4.03. The predicted molar refractivity (Wildman–Crippen MR) is 73.1 cm³/mol. The van der Waals surface area contributed by atoms with Crippen LogP contribution in [0.1, 0.15) is 28.8 Å². The van der Waals surface area contributed by atoms with E-state index in [0.29, 0.717) is 13.1 Å². The van der Waals surface area contributed by atoms with Gasteiger partial charge in [-0.3, -0.25) is 4.79 Å². The van der Waals surface area contributed by atoms with Crippen LogP contribution in [0.4, 0.5) is 0 Å². The molecule has 1 saturated heterocycles. The Labute approximate surface area is 116 Å². The fourth-order valence-electron chi connectivity index (χ4n) is 2.22. The van der Waals surface area contributed by atoms with Gasteiger partial charge >= 0.3 is 0 Å². The third-order valence-corrected chi connectivity index (χ3v) is 4.32. The lowest BCUT2D eigenvalue weighted by Crippen LogP contribution is -2.38. The van der Waals surface area contributed by atoms with Gasteiger partial charge in [0.2, 0.25) is 0 Å². The number of rotatable bonds is 1. The SMILES string of the molecule is Cc1c(Br)cccc1C(=O)N1CCC(C#N)CC1. The topological polar surface area (TPSA) is 44.1 Å². The van der Waals surface area contributed by atoms with Crippen LogP contribution in [0.5, 0.6) is 0 Å². The third kappa shape index (κ3) is 2.56. The molecule has 1 aromatic carbocycles. The quantitative estimate of drug-likeness (QED) is 0.800. The van der Waals surface area contributed by atoms with Crippen LogP contribution < -0.4 is 0 Å². The number of amides is 1. The zero-order chi connectivity index (χ0) is 13.1. The Balaban J connectivity index is 2.13. The van der Waals surface area contributed by atoms with Crippen molar-refractivity contribution >= 4 is 21.8 Å². The Morgan fingerprint density at radius 1 is 1.44 bits per heavy atom. The van der Waals surface area contributed by atoms with Crippen molar-refractivity contribution in [1.82, 2.24) is 4.90 Å². The van der Waals surface area contributed by atoms with Crippen molar-refractivity contribution < 1.29 is 4.79 Å². The molecule has 0 aromatic heterocycles. The monoisotopic (exact) mass is 306 g/mol. The number of hydrogen-bond acceptors (Lipinski definition) is 2. The van der Waals surface area contributed by atoms with Crippen LogP contribution in [-0.4, -0.2) is 23.9 Å². The van der Waals surface area contributed by atoms with E-state index >= 15 is 0 Å². The molecule has 0 unspecified atom stereocenters. The zero-order valence-electron chi connectivity index (χ0n) is 10.3. The number of carbonyl (C=O) groups excluding carboxylic acids is 1. The lowest BCUT2D eigenvalue weighted by Gasteiger charge is -2.29. The molecule has 2 rings (SSSR count). The van der Waals surface area contributed by atoms with Gasteiger partial charge in [-0.25, -0.2) is 0 Å². The minimum Gasteiger partial charge on any atom is -0.339 e. The van der Waals surface area contributed by atoms with Crippen LogP contribution >= 0.6 is 15.9 Å². The summed E-state index contributed by atoms with van der Waals surface area (Å²) >= 11 is 3.45. The van der Waals surface area contributed by atoms with Crippen molar-refractivity contribution in [2.75, 3.05) is 13.1 Å². The van der Waals surface area contributed by atoms with E-state index in [-0.39, 0.29) is 11.8 Å². The smallest absolute Gasteiger partial charge is 0.254 e. The van der Waals surface area contributed by atoms with Gasteiger partial charge in [-0.05, 0) is 37.5 Å². The molecule has 1 aliphatic heterocycles. The van der Waals surface area contributed by atoms with Crippen molar-refractivity contribution in [1.29, 1.82) is 5.26 Å². The van der Waals surface area contributed by atoms with E-state index in [0.717, 1.165) is 28.4 Å². The van der Waals surface area contributed by atoms with Crippen molar-refractivity contribution in [2.24, 2.45) is 5.92 Å². The maximum atomic E-state index is 12.4. The first-order valence-corrected chi connectivity index (χ1v) is 6.86. The molecule has 0 saturated carbocycles. The molecule has 1 aromatic rings. The largest absolute Gasteiger partial charge is 0.339 e. The highest BCUT2D eigenvalue weighted by Crippen LogP contribution is 2.23. The summed E-state index contributed by atoms with van der Waals surface area (Å²) in [6, 6.07) is 7.96. The second kappa shape index (κ2) is 5.53. The highest BCUT2D eigenvalue weighted by molar-refractivity contribution is 9.10. The first kappa shape index (κ1) is 13.1. The van der Waals surface area contributed by atoms with Crippen LogP contribution in [0.15, 0.2) is 22.7 Å². The summed E-state index contributed by atoms with van der Waals surface area (Å²) in [5.74, 6) is 0.183. The minimum atomic E-state index is 0.0742. The fourth-order valence-corrected chi connectivity index (χ4v) is 2.59. The lowest BCUT2D eigenvalue weighted by molar-refractivity contribution is 0.0706. The molecule has 1 fully saturated rings. The van der Waals surface area contributed by atoms with Gasteiger partial charge in [-0.15, -0.1) is 0 Å². The second-order valence-electron chi connectivity index (χ2n) is 4.61. The van der Waals surface area contributed by atoms with Crippen LogP contribution in [-0.2, 0) is 0 Å². The van der Waals surface area contributed by atoms with E-state index < -0.39 is 0 Å². The number of nitriles is 1. The molecule has 3 nitrogen and oxygen atoms in total. The second-order valence-corrected chi connectivity index (χ2v) is 5.46. The van der Waals surface area contributed by atoms with Crippen molar-refractivity contribution in [3.05, 3.63) is 33.8 Å². The summed E-state index contributed by atoms with van der Waals surface area (Å²) in [6.45, 7) is 3.31. The van der Waals surface area contributed by atoms with E-state index in [2.05, 4.69) is 22.0 Å². The van der Waals surface area contributed by atoms with Crippen molar-refractivity contribution in [2.45, 2.75) is 19.8 Å². The van der Waals surface area contributed by atoms with Gasteiger partial charge in [0.05, 0.1) is 6.07 Å². The molecule has 18 heavy (non-hydrogen) atoms. The molecule has 1 heterocycles. The summed E-state index contributed by atoms with van der Waals surface area (Å²) in [4.78, 5) is 14.2. The Morgan fingerprint density at radius 2 is 2.11 bits per heavy atom. The van der Waals surface area contributed by atoms with Crippen LogP contribution in [0.2, 0.25) is 0 Å². The van der Waals surface area contributed by atoms with Crippen LogP contribution in [0.3, 0.4) is 0 Å². The molecule has 0 N–H and O–H groups in total. The molecule has 0 atom stereocenters. The first-order chi connectivity index (χ1) is 8.63. The Bertz CT molecular complexity index is 499. The number of nitrogens with zero attached hydrogens (tertiary/aromatic N) is 2. The molecule has 94 valence electrons. The molecule has 4 heteroatoms. The summed E-state index contributed by atoms with van der Waals surface area (Å²) < 4.78 is 0.959. The fraction of sp³-hybridized carbons (Fsp3) is 0.429. The van der Waals surface area contributed by atoms with E-state index in [9.17, 15) is 4.79 Å². The molecule has 0 bridgehead atoms. The molecule has 0 aliphatic carbocycles. The average molecular weight is 307 g/mol. The van der Waals surface area contributed by atoms with Crippen LogP contribution in [0, 0.1) is 24.2 Å². The first-order valence-electron chi connectivity index (χ1n) is 6.07. The summed E-state index contributed by atoms with van der Waals surface area (Å²) in [6.07, 6.45) is 1.57. The number of benzene rings is 1. The Hall–Kier alpha value is -1.34. The predicted octanol–water partition coefficient (Wildman–Crippen LogP) is 3.13. The molecule has 1 aliphatic rings. The van der Waals surface area contributed by atoms with Gasteiger partial charge in [-0.2, -0.15) is 5.26 Å². The maximum absolute atomic E-state index is 12.4. The van der Waals surface area contributed by atoms with Gasteiger partial charge in [0.1, 0.15) is 0 Å². The highest BCUT2D eigenvalue weighted by atomic mass is 79.9. The van der Waals surface area contributed by atoms with Crippen LogP contribution in [0.25, 0.3) is 0 Å². The van der Waals surface area contributed by atoms with E-state index in [4.69, 9.17) is 5.26 Å². The van der Waals surface area contributed by atoms with E-state index in [1.165, 1.54) is 0 Å². The molecule has 1 amide bonds. The van der Waals surface area contributed by atoms with E-state index in [1.54, 1.807) is 0 Å². The van der Waals surface area contributed by atoms with Gasteiger partial charge in [0, 0.05) is 29.0 Å². The van der Waals surface area contributed by atoms with E-state index in [1.807, 2.05) is 30.0 Å². The standard InChI is InChI=1S/C14H15BrN2O/c1-10-12(3-2-4-13(10)15)14(18)17-7-5-11(9-16)6-8-17/h2-4,11H,5-8H2,1H3. The van der Waals surface area contributed by atoms with Crippen molar-refractivity contribution in [3.8, 4) is 6.07 Å². The average Bonchev–Trinajstić information content (AvgIpc) is 2.41. The highest BCUT2D eigenvalue weighted by Gasteiger charge is 2.24. The molecular formula is C14H15BrN2O. The number of piperidine rings is 1. The summed E-state index contributed by atoms with van der Waals surface area (Å²) in [5.41, 5.74) is 1.73. The maximum Gasteiger partial charge on any atom is 0.254 e. The normalized spacial score (nSPS) is 16.4. The zero-order valence-corrected chi connectivity index (χ0v) is 11.9. The molecule has 0 spiro atoms. The number of carbonyl (C=O) groups is 1. The minimum absolute atomic E-state index is 0.0742. The van der Waals surface area contributed by atoms with Gasteiger partial charge < -0.3 is 4.90 Å². The Morgan fingerprint density at radius 3 is 2.72 bits per heavy atom. The van der Waals surface area contributed by atoms with Gasteiger partial charge in [-0.1, -0.05) is 22.0 Å². The summed E-state index contributed by atoms with van der Waals surface area (Å²) in [7, 11) is 0. The number of likely N-dealkylation sites (tertiary alicyclic amines) is 1. The van der Waals surface area contributed by atoms with Gasteiger partial charge in [0.15, 0.2) is 0 Å². The molecular weight excluding hydrogens is 292 g/mol. The molecule has 0 radical (unpaired) electrons. The number of hydrogen-bond donors (Lipinski definition) is 0. The van der Waals surface area contributed by atoms with Gasteiger partial charge in [0.25, 0.3) is 5.91 Å². The van der Waals surface area contributed by atoms with Crippen molar-refractivity contribution in [3.63, 3.8) is 0 Å². The third-order valence-electron chi connectivity index (χ3n) is 3.46.